The van der Waals surface area contributed by atoms with Gasteiger partial charge in [0.2, 0.25) is 0 Å². The van der Waals surface area contributed by atoms with E-state index in [9.17, 15) is 9.59 Å². The summed E-state index contributed by atoms with van der Waals surface area (Å²) >= 11 is 6.61. The first kappa shape index (κ1) is 24.5. The maximum atomic E-state index is 11.9. The number of aromatic nitrogens is 2. The summed E-state index contributed by atoms with van der Waals surface area (Å²) in [5.74, 6) is 0.0944. The van der Waals surface area contributed by atoms with Gasteiger partial charge in [-0.3, -0.25) is 19.6 Å². The molecule has 2 aromatic heterocycles. The lowest BCUT2D eigenvalue weighted by atomic mass is 9.98. The Kier molecular flexibility index (Phi) is 10.4. The quantitative estimate of drug-likeness (QED) is 0.425. The van der Waals surface area contributed by atoms with Gasteiger partial charge in [-0.15, -0.1) is 0 Å². The molecular weight excluding hydrogens is 516 g/mol. The van der Waals surface area contributed by atoms with Gasteiger partial charge in [-0.2, -0.15) is 0 Å². The average molecular weight is 542 g/mol. The van der Waals surface area contributed by atoms with E-state index in [0.717, 1.165) is 26.8 Å². The van der Waals surface area contributed by atoms with E-state index in [0.29, 0.717) is 19.1 Å². The average Bonchev–Trinajstić information content (AvgIpc) is 3.54. The van der Waals surface area contributed by atoms with Crippen molar-refractivity contribution in [3.63, 3.8) is 0 Å². The Bertz CT molecular complexity index is 809. The molecule has 1 aliphatic carbocycles. The summed E-state index contributed by atoms with van der Waals surface area (Å²) in [5, 5.41) is 0. The molecule has 0 aliphatic heterocycles. The highest BCUT2D eigenvalue weighted by atomic mass is 79.9. The predicted octanol–water partition coefficient (Wildman–Crippen LogP) is 5.24. The van der Waals surface area contributed by atoms with Crippen LogP contribution in [0.5, 0.6) is 0 Å². The number of hydrogen-bond acceptors (Lipinski definition) is 6. The van der Waals surface area contributed by atoms with Crippen LogP contribution in [0.25, 0.3) is 0 Å². The number of ether oxygens (including phenoxy) is 2. The van der Waals surface area contributed by atoms with Gasteiger partial charge in [-0.25, -0.2) is 0 Å². The molecule has 0 spiro atoms. The molecule has 0 amide bonds. The number of pyridine rings is 2. The zero-order valence-electron chi connectivity index (χ0n) is 17.1. The van der Waals surface area contributed by atoms with Gasteiger partial charge in [0.15, 0.2) is 0 Å². The third-order valence-corrected chi connectivity index (χ3v) is 5.30. The van der Waals surface area contributed by atoms with Crippen molar-refractivity contribution in [1.29, 1.82) is 0 Å². The van der Waals surface area contributed by atoms with E-state index >= 15 is 0 Å². The molecule has 30 heavy (non-hydrogen) atoms. The molecule has 1 unspecified atom stereocenters. The summed E-state index contributed by atoms with van der Waals surface area (Å²) < 4.78 is 11.7. The van der Waals surface area contributed by atoms with Crippen LogP contribution in [0.4, 0.5) is 0 Å². The molecule has 1 saturated carbocycles. The van der Waals surface area contributed by atoms with Crippen LogP contribution in [-0.2, 0) is 25.5 Å². The topological polar surface area (TPSA) is 78.4 Å². The molecule has 1 atom stereocenters. The smallest absolute Gasteiger partial charge is 0.315 e. The first-order chi connectivity index (χ1) is 14.4. The summed E-state index contributed by atoms with van der Waals surface area (Å²) in [7, 11) is 0. The zero-order valence-corrected chi connectivity index (χ0v) is 20.3. The molecule has 162 valence electrons. The van der Waals surface area contributed by atoms with Gasteiger partial charge in [0, 0.05) is 21.3 Å². The lowest BCUT2D eigenvalue weighted by Crippen LogP contribution is -2.17. The fourth-order valence-corrected chi connectivity index (χ4v) is 3.20. The molecule has 8 heteroatoms. The Morgan fingerprint density at radius 1 is 1.00 bits per heavy atom. The van der Waals surface area contributed by atoms with Crippen LogP contribution < -0.4 is 0 Å². The fourth-order valence-electron chi connectivity index (χ4n) is 2.73. The van der Waals surface area contributed by atoms with Crippen LogP contribution >= 0.6 is 31.9 Å². The first-order valence-electron chi connectivity index (χ1n) is 9.97. The number of hydrogen-bond donors (Lipinski definition) is 0. The molecule has 0 bridgehead atoms. The highest BCUT2D eigenvalue weighted by Gasteiger charge is 2.32. The number of rotatable bonds is 8. The maximum absolute atomic E-state index is 11.9. The van der Waals surface area contributed by atoms with Crippen molar-refractivity contribution in [3.8, 4) is 0 Å². The van der Waals surface area contributed by atoms with Crippen LogP contribution in [0, 0.1) is 5.92 Å². The number of esters is 2. The Balaban J connectivity index is 0.000000222. The minimum Gasteiger partial charge on any atom is -0.466 e. The standard InChI is InChI=1S/C13H16BrNO2.C9H10BrNO2/c1-2-17-13(16)11(7-9-3-4-9)12-6-5-10(14)8-15-12;1-2-13-9(12)5-8-4-3-7(10)6-11-8/h5-6,8-9,11H,2-4,7H2,1H3;3-4,6H,2,5H2,1H3. The van der Waals surface area contributed by atoms with Gasteiger partial charge >= 0.3 is 11.9 Å². The SMILES string of the molecule is CCOC(=O)C(CC1CC1)c1ccc(Br)cn1.CCOC(=O)Cc1ccc(Br)cn1. The monoisotopic (exact) mass is 540 g/mol. The third kappa shape index (κ3) is 8.92. The first-order valence-corrected chi connectivity index (χ1v) is 11.6. The van der Waals surface area contributed by atoms with E-state index in [1.807, 2.05) is 25.1 Å². The largest absolute Gasteiger partial charge is 0.466 e. The second kappa shape index (κ2) is 12.8. The third-order valence-electron chi connectivity index (χ3n) is 4.36. The van der Waals surface area contributed by atoms with Gasteiger partial charge in [-0.1, -0.05) is 12.8 Å². The molecule has 2 heterocycles. The van der Waals surface area contributed by atoms with Crippen LogP contribution in [0.3, 0.4) is 0 Å². The Hall–Kier alpha value is -1.80. The minimum atomic E-state index is -0.239. The van der Waals surface area contributed by atoms with Crippen LogP contribution in [0.15, 0.2) is 45.6 Å². The second-order valence-corrected chi connectivity index (χ2v) is 8.67. The summed E-state index contributed by atoms with van der Waals surface area (Å²) in [6, 6.07) is 7.46. The van der Waals surface area contributed by atoms with E-state index in [4.69, 9.17) is 9.47 Å². The predicted molar refractivity (Wildman–Crippen MR) is 121 cm³/mol. The summed E-state index contributed by atoms with van der Waals surface area (Å²) in [6.45, 7) is 4.46. The van der Waals surface area contributed by atoms with Crippen LogP contribution in [-0.4, -0.2) is 35.1 Å². The molecule has 2 aromatic rings. The lowest BCUT2D eigenvalue weighted by Gasteiger charge is -2.14. The van der Waals surface area contributed by atoms with Crippen molar-refractivity contribution in [2.75, 3.05) is 13.2 Å². The molecule has 0 N–H and O–H groups in total. The van der Waals surface area contributed by atoms with Crippen molar-refractivity contribution in [2.45, 2.75) is 45.4 Å². The summed E-state index contributed by atoms with van der Waals surface area (Å²) in [4.78, 5) is 31.3. The van der Waals surface area contributed by atoms with Crippen molar-refractivity contribution < 1.29 is 19.1 Å². The molecule has 0 aromatic carbocycles. The Labute approximate surface area is 194 Å². The van der Waals surface area contributed by atoms with E-state index in [-0.39, 0.29) is 24.3 Å². The van der Waals surface area contributed by atoms with Gasteiger partial charge < -0.3 is 9.47 Å². The number of nitrogens with zero attached hydrogens (tertiary/aromatic N) is 2. The molecule has 0 saturated heterocycles. The minimum absolute atomic E-state index is 0.144. The normalized spacial score (nSPS) is 13.6. The van der Waals surface area contributed by atoms with Gasteiger partial charge in [0.1, 0.15) is 0 Å². The summed E-state index contributed by atoms with van der Waals surface area (Å²) in [6.07, 6.45) is 6.95. The van der Waals surface area contributed by atoms with E-state index < -0.39 is 0 Å². The number of carbonyl (C=O) groups excluding carboxylic acids is 2. The highest BCUT2D eigenvalue weighted by Crippen LogP contribution is 2.38. The van der Waals surface area contributed by atoms with Crippen molar-refractivity contribution >= 4 is 43.8 Å². The zero-order chi connectivity index (χ0) is 21.9. The second-order valence-electron chi connectivity index (χ2n) is 6.83. The molecule has 1 fully saturated rings. The highest BCUT2D eigenvalue weighted by molar-refractivity contribution is 9.10. The van der Waals surface area contributed by atoms with Gasteiger partial charge in [-0.05, 0) is 82.3 Å². The van der Waals surface area contributed by atoms with Crippen molar-refractivity contribution in [3.05, 3.63) is 57.0 Å². The van der Waals surface area contributed by atoms with E-state index in [1.54, 1.807) is 25.4 Å². The van der Waals surface area contributed by atoms with Crippen LogP contribution in [0.2, 0.25) is 0 Å². The Morgan fingerprint density at radius 3 is 2.13 bits per heavy atom. The number of halogens is 2. The van der Waals surface area contributed by atoms with E-state index in [2.05, 4.69) is 41.8 Å². The van der Waals surface area contributed by atoms with Gasteiger partial charge in [0.05, 0.1) is 36.9 Å². The summed E-state index contributed by atoms with van der Waals surface area (Å²) in [5.41, 5.74) is 1.54. The number of carbonyl (C=O) groups is 2. The van der Waals surface area contributed by atoms with Crippen molar-refractivity contribution in [2.24, 2.45) is 5.92 Å². The van der Waals surface area contributed by atoms with Gasteiger partial charge in [0.25, 0.3) is 0 Å². The molecule has 3 rings (SSSR count). The van der Waals surface area contributed by atoms with E-state index in [1.165, 1.54) is 12.8 Å². The molecule has 0 radical (unpaired) electrons. The maximum Gasteiger partial charge on any atom is 0.315 e. The molecular formula is C22H26Br2N2O4. The fraction of sp³-hybridized carbons (Fsp3) is 0.455. The van der Waals surface area contributed by atoms with Crippen molar-refractivity contribution in [1.82, 2.24) is 9.97 Å². The Morgan fingerprint density at radius 2 is 1.63 bits per heavy atom. The van der Waals surface area contributed by atoms with Crippen LogP contribution in [0.1, 0.15) is 50.4 Å². The lowest BCUT2D eigenvalue weighted by molar-refractivity contribution is -0.145. The molecule has 6 nitrogen and oxygen atoms in total. The molecule has 1 aliphatic rings.